The summed E-state index contributed by atoms with van der Waals surface area (Å²) in [6.45, 7) is 8.08. The molecule has 0 saturated carbocycles. The SMILES string of the molecule is COc1ccc(C(=O)Nc2c(N)ccnc2C(=O)c2ccc(C(C)(C)C)cc2OC2CCNCC2)cc1. The Morgan fingerprint density at radius 2 is 1.76 bits per heavy atom. The molecule has 0 atom stereocenters. The number of ether oxygens (including phenoxy) is 2. The summed E-state index contributed by atoms with van der Waals surface area (Å²) in [6.07, 6.45) is 3.17. The number of amides is 1. The highest BCUT2D eigenvalue weighted by Crippen LogP contribution is 2.33. The van der Waals surface area contributed by atoms with Crippen molar-refractivity contribution in [3.63, 3.8) is 0 Å². The van der Waals surface area contributed by atoms with Crippen LogP contribution in [0.2, 0.25) is 0 Å². The van der Waals surface area contributed by atoms with Crippen molar-refractivity contribution in [3.05, 3.63) is 77.1 Å². The molecule has 2 heterocycles. The highest BCUT2D eigenvalue weighted by Gasteiger charge is 2.26. The molecule has 1 aliphatic rings. The summed E-state index contributed by atoms with van der Waals surface area (Å²) >= 11 is 0. The lowest BCUT2D eigenvalue weighted by Crippen LogP contribution is -2.34. The van der Waals surface area contributed by atoms with Gasteiger partial charge in [0, 0.05) is 11.8 Å². The number of rotatable bonds is 7. The normalized spacial score (nSPS) is 14.2. The summed E-state index contributed by atoms with van der Waals surface area (Å²) in [5.41, 5.74) is 8.39. The van der Waals surface area contributed by atoms with E-state index in [2.05, 4.69) is 36.4 Å². The van der Waals surface area contributed by atoms with Crippen molar-refractivity contribution < 1.29 is 19.1 Å². The molecular formula is C29H34N4O4. The van der Waals surface area contributed by atoms with Gasteiger partial charge in [-0.05, 0) is 79.4 Å². The minimum absolute atomic E-state index is 0.00562. The summed E-state index contributed by atoms with van der Waals surface area (Å²) in [7, 11) is 1.56. The smallest absolute Gasteiger partial charge is 0.255 e. The Labute approximate surface area is 217 Å². The van der Waals surface area contributed by atoms with Crippen LogP contribution in [0, 0.1) is 0 Å². The number of carbonyl (C=O) groups excluding carboxylic acids is 2. The number of nitrogens with one attached hydrogen (secondary N) is 2. The van der Waals surface area contributed by atoms with Crippen LogP contribution in [0.4, 0.5) is 11.4 Å². The van der Waals surface area contributed by atoms with Gasteiger partial charge in [0.15, 0.2) is 0 Å². The molecule has 2 aromatic carbocycles. The lowest BCUT2D eigenvalue weighted by molar-refractivity contribution is 0.102. The first-order valence-corrected chi connectivity index (χ1v) is 12.4. The van der Waals surface area contributed by atoms with Crippen LogP contribution in [0.1, 0.15) is 65.6 Å². The monoisotopic (exact) mass is 502 g/mol. The molecule has 0 radical (unpaired) electrons. The first-order valence-electron chi connectivity index (χ1n) is 12.4. The molecule has 1 amide bonds. The second-order valence-electron chi connectivity index (χ2n) is 10.2. The zero-order chi connectivity index (χ0) is 26.6. The second-order valence-corrected chi connectivity index (χ2v) is 10.2. The molecule has 3 aromatic rings. The zero-order valence-corrected chi connectivity index (χ0v) is 21.8. The molecule has 8 heteroatoms. The number of nitrogens with two attached hydrogens (primary N) is 1. The van der Waals surface area contributed by atoms with E-state index in [1.165, 1.54) is 6.20 Å². The van der Waals surface area contributed by atoms with E-state index >= 15 is 0 Å². The Kier molecular flexibility index (Phi) is 7.78. The fourth-order valence-electron chi connectivity index (χ4n) is 4.20. The van der Waals surface area contributed by atoms with Crippen LogP contribution < -0.4 is 25.8 Å². The summed E-state index contributed by atoms with van der Waals surface area (Å²) in [5, 5.41) is 6.12. The van der Waals surface area contributed by atoms with Crippen molar-refractivity contribution in [2.75, 3.05) is 31.2 Å². The van der Waals surface area contributed by atoms with E-state index in [1.54, 1.807) is 43.5 Å². The Morgan fingerprint density at radius 1 is 1.05 bits per heavy atom. The fourth-order valence-corrected chi connectivity index (χ4v) is 4.20. The zero-order valence-electron chi connectivity index (χ0n) is 21.8. The molecule has 0 aliphatic carbocycles. The predicted octanol–water partition coefficient (Wildman–Crippen LogP) is 4.58. The third kappa shape index (κ3) is 6.09. The molecule has 8 nitrogen and oxygen atoms in total. The number of ketones is 1. The summed E-state index contributed by atoms with van der Waals surface area (Å²) < 4.78 is 11.5. The largest absolute Gasteiger partial charge is 0.497 e. The first kappa shape index (κ1) is 26.2. The van der Waals surface area contributed by atoms with Gasteiger partial charge in [0.25, 0.3) is 5.91 Å². The standard InChI is InChI=1S/C29H34N4O4/c1-29(2,3)19-7-10-22(24(17-19)37-21-11-14-31-15-12-21)27(34)26-25(23(30)13-16-32-26)33-28(35)18-5-8-20(36-4)9-6-18/h5-10,13,16-17,21,31H,11-12,14-15H2,1-4H3,(H2,30,32)(H,33,35). The lowest BCUT2D eigenvalue weighted by Gasteiger charge is -2.27. The average molecular weight is 503 g/mol. The maximum atomic E-state index is 13.9. The molecule has 0 bridgehead atoms. The lowest BCUT2D eigenvalue weighted by atomic mass is 9.86. The van der Waals surface area contributed by atoms with Crippen LogP contribution in [0.3, 0.4) is 0 Å². The number of hydrogen-bond donors (Lipinski definition) is 3. The minimum atomic E-state index is -0.411. The van der Waals surface area contributed by atoms with Gasteiger partial charge in [-0.15, -0.1) is 0 Å². The molecular weight excluding hydrogens is 468 g/mol. The van der Waals surface area contributed by atoms with Gasteiger partial charge in [0.2, 0.25) is 5.78 Å². The van der Waals surface area contributed by atoms with E-state index in [9.17, 15) is 9.59 Å². The van der Waals surface area contributed by atoms with Gasteiger partial charge in [-0.1, -0.05) is 26.8 Å². The highest BCUT2D eigenvalue weighted by atomic mass is 16.5. The number of nitrogen functional groups attached to an aromatic ring is 1. The van der Waals surface area contributed by atoms with Crippen molar-refractivity contribution in [1.29, 1.82) is 0 Å². The summed E-state index contributed by atoms with van der Waals surface area (Å²) in [4.78, 5) is 31.2. The van der Waals surface area contributed by atoms with E-state index in [0.717, 1.165) is 31.5 Å². The van der Waals surface area contributed by atoms with E-state index in [4.69, 9.17) is 15.2 Å². The van der Waals surface area contributed by atoms with Gasteiger partial charge < -0.3 is 25.8 Å². The number of nitrogens with zero attached hydrogens (tertiary/aromatic N) is 1. The topological polar surface area (TPSA) is 116 Å². The fraction of sp³-hybridized carbons (Fsp3) is 0.345. The number of aromatic nitrogens is 1. The quantitative estimate of drug-likeness (QED) is 0.405. The second kappa shape index (κ2) is 11.0. The predicted molar refractivity (Wildman–Crippen MR) is 145 cm³/mol. The van der Waals surface area contributed by atoms with Gasteiger partial charge in [0.05, 0.1) is 24.0 Å². The van der Waals surface area contributed by atoms with E-state index in [1.807, 2.05) is 12.1 Å². The van der Waals surface area contributed by atoms with Gasteiger partial charge in [0.1, 0.15) is 23.3 Å². The number of methoxy groups -OCH3 is 1. The Bertz CT molecular complexity index is 1280. The van der Waals surface area contributed by atoms with Gasteiger partial charge in [-0.3, -0.25) is 14.6 Å². The van der Waals surface area contributed by atoms with E-state index in [0.29, 0.717) is 22.6 Å². The maximum absolute atomic E-state index is 13.9. The van der Waals surface area contributed by atoms with Crippen LogP contribution in [0.5, 0.6) is 11.5 Å². The Morgan fingerprint density at radius 3 is 2.41 bits per heavy atom. The van der Waals surface area contributed by atoms with Crippen molar-refractivity contribution in [1.82, 2.24) is 10.3 Å². The molecule has 1 fully saturated rings. The molecule has 0 unspecified atom stereocenters. The molecule has 0 spiro atoms. The number of benzene rings is 2. The summed E-state index contributed by atoms with van der Waals surface area (Å²) in [6, 6.07) is 13.9. The maximum Gasteiger partial charge on any atom is 0.255 e. The number of piperidine rings is 1. The molecule has 1 aromatic heterocycles. The van der Waals surface area contributed by atoms with Gasteiger partial charge in [-0.25, -0.2) is 0 Å². The number of hydrogen-bond acceptors (Lipinski definition) is 7. The number of carbonyl (C=O) groups is 2. The Hall–Kier alpha value is -3.91. The van der Waals surface area contributed by atoms with E-state index < -0.39 is 5.91 Å². The van der Waals surface area contributed by atoms with Crippen LogP contribution in [-0.4, -0.2) is 43.0 Å². The third-order valence-electron chi connectivity index (χ3n) is 6.46. The number of anilines is 2. The van der Waals surface area contributed by atoms with Crippen LogP contribution in [0.25, 0.3) is 0 Å². The van der Waals surface area contributed by atoms with Crippen LogP contribution >= 0.6 is 0 Å². The molecule has 4 rings (SSSR count). The molecule has 1 saturated heterocycles. The van der Waals surface area contributed by atoms with Crippen molar-refractivity contribution in [2.24, 2.45) is 0 Å². The first-order chi connectivity index (χ1) is 17.7. The Balaban J connectivity index is 1.69. The van der Waals surface area contributed by atoms with Crippen molar-refractivity contribution in [2.45, 2.75) is 45.1 Å². The third-order valence-corrected chi connectivity index (χ3v) is 6.46. The minimum Gasteiger partial charge on any atom is -0.497 e. The molecule has 4 N–H and O–H groups in total. The summed E-state index contributed by atoms with van der Waals surface area (Å²) in [5.74, 6) is 0.363. The van der Waals surface area contributed by atoms with Crippen molar-refractivity contribution >= 4 is 23.1 Å². The highest BCUT2D eigenvalue weighted by molar-refractivity contribution is 6.17. The van der Waals surface area contributed by atoms with Gasteiger partial charge in [-0.2, -0.15) is 0 Å². The van der Waals surface area contributed by atoms with Gasteiger partial charge >= 0.3 is 0 Å². The molecule has 194 valence electrons. The molecule has 1 aliphatic heterocycles. The van der Waals surface area contributed by atoms with Crippen molar-refractivity contribution in [3.8, 4) is 11.5 Å². The average Bonchev–Trinajstić information content (AvgIpc) is 2.89. The van der Waals surface area contributed by atoms with Crippen LogP contribution in [0.15, 0.2) is 54.7 Å². The molecule has 37 heavy (non-hydrogen) atoms. The van der Waals surface area contributed by atoms with E-state index in [-0.39, 0.29) is 34.4 Å². The van der Waals surface area contributed by atoms with Crippen LogP contribution in [-0.2, 0) is 5.41 Å². The number of pyridine rings is 1.